The van der Waals surface area contributed by atoms with E-state index in [0.717, 1.165) is 0 Å². The molecule has 1 atom stereocenters. The van der Waals surface area contributed by atoms with Crippen molar-refractivity contribution < 1.29 is 0 Å². The molecule has 0 aromatic carbocycles. The lowest BCUT2D eigenvalue weighted by atomic mass is 10.3. The Bertz CT molecular complexity index is 407. The summed E-state index contributed by atoms with van der Waals surface area (Å²) in [4.78, 5) is 1.50. The Morgan fingerprint density at radius 3 is 2.83 bits per heavy atom. The summed E-state index contributed by atoms with van der Waals surface area (Å²) in [7, 11) is 0. The summed E-state index contributed by atoms with van der Waals surface area (Å²) in [6.45, 7) is 0. The maximum Gasteiger partial charge on any atom is 0.0620 e. The average molecular weight is 210 g/mol. The number of fused-ring (bicyclic) bond motifs is 1. The zero-order valence-corrected chi connectivity index (χ0v) is 8.64. The first kappa shape index (κ1) is 7.18. The van der Waals surface area contributed by atoms with E-state index in [1.165, 1.54) is 14.3 Å². The molecular weight excluding hydrogens is 204 g/mol. The van der Waals surface area contributed by atoms with E-state index in [-0.39, 0.29) is 0 Å². The molecule has 0 fully saturated rings. The summed E-state index contributed by atoms with van der Waals surface area (Å²) in [6, 6.07) is 4.53. The van der Waals surface area contributed by atoms with Crippen molar-refractivity contribution in [2.45, 2.75) is 5.25 Å². The predicted octanol–water partition coefficient (Wildman–Crippen LogP) is 4.26. The lowest BCUT2D eigenvalue weighted by molar-refractivity contribution is 1.28. The summed E-state index contributed by atoms with van der Waals surface area (Å²) in [5.41, 5.74) is 0. The molecule has 1 unspecified atom stereocenters. The Labute approximate surface area is 82.9 Å². The average Bonchev–Trinajstić information content (AvgIpc) is 2.40. The molecule has 60 valence electrons. The molecule has 1 aliphatic rings. The standard InChI is InChI=1S/C9H6S3/c1-3-10-6(1)9-5-8-7(12-9)2-4-11-8/h1-6H. The summed E-state index contributed by atoms with van der Waals surface area (Å²) >= 11 is 5.67. The smallest absolute Gasteiger partial charge is 0.0620 e. The third-order valence-electron chi connectivity index (χ3n) is 1.92. The zero-order valence-electron chi connectivity index (χ0n) is 6.19. The van der Waals surface area contributed by atoms with Gasteiger partial charge >= 0.3 is 0 Å². The molecule has 0 bridgehead atoms. The van der Waals surface area contributed by atoms with Crippen molar-refractivity contribution in [2.24, 2.45) is 0 Å². The molecule has 0 amide bonds. The first-order valence-corrected chi connectivity index (χ1v) is 6.36. The molecular formula is C9H6S3. The van der Waals surface area contributed by atoms with Crippen LogP contribution in [0.3, 0.4) is 0 Å². The number of thiophene rings is 2. The molecule has 3 rings (SSSR count). The number of hydrogen-bond acceptors (Lipinski definition) is 3. The van der Waals surface area contributed by atoms with E-state index >= 15 is 0 Å². The summed E-state index contributed by atoms with van der Waals surface area (Å²) in [6.07, 6.45) is 2.26. The van der Waals surface area contributed by atoms with Crippen LogP contribution in [0.15, 0.2) is 29.0 Å². The minimum absolute atomic E-state index is 0.648. The first-order valence-electron chi connectivity index (χ1n) is 3.72. The predicted molar refractivity (Wildman–Crippen MR) is 59.2 cm³/mol. The lowest BCUT2D eigenvalue weighted by Crippen LogP contribution is -1.89. The van der Waals surface area contributed by atoms with Gasteiger partial charge in [-0.1, -0.05) is 6.08 Å². The highest BCUT2D eigenvalue weighted by Gasteiger charge is 2.16. The van der Waals surface area contributed by atoms with Gasteiger partial charge in [0.25, 0.3) is 0 Å². The Kier molecular flexibility index (Phi) is 1.57. The van der Waals surface area contributed by atoms with Crippen molar-refractivity contribution in [3.8, 4) is 0 Å². The van der Waals surface area contributed by atoms with Crippen LogP contribution in [0, 0.1) is 0 Å². The minimum Gasteiger partial charge on any atom is -0.143 e. The Hall–Kier alpha value is -0.250. The van der Waals surface area contributed by atoms with Gasteiger partial charge in [0.2, 0.25) is 0 Å². The van der Waals surface area contributed by atoms with Crippen LogP contribution < -0.4 is 0 Å². The van der Waals surface area contributed by atoms with Crippen LogP contribution in [0.4, 0.5) is 0 Å². The topological polar surface area (TPSA) is 0 Å². The molecule has 0 spiro atoms. The second-order valence-corrected chi connectivity index (χ2v) is 5.80. The molecule has 3 heteroatoms. The van der Waals surface area contributed by atoms with E-state index in [0.29, 0.717) is 5.25 Å². The Morgan fingerprint density at radius 1 is 1.25 bits per heavy atom. The van der Waals surface area contributed by atoms with E-state index in [2.05, 4.69) is 29.0 Å². The third-order valence-corrected chi connectivity index (χ3v) is 5.26. The van der Waals surface area contributed by atoms with Crippen molar-refractivity contribution in [1.82, 2.24) is 0 Å². The summed E-state index contributed by atoms with van der Waals surface area (Å²) in [5.74, 6) is 0. The third kappa shape index (κ3) is 0.969. The zero-order chi connectivity index (χ0) is 7.97. The van der Waals surface area contributed by atoms with Gasteiger partial charge in [-0.3, -0.25) is 0 Å². The fourth-order valence-corrected chi connectivity index (χ4v) is 4.15. The molecule has 0 radical (unpaired) electrons. The van der Waals surface area contributed by atoms with Gasteiger partial charge in [0.05, 0.1) is 5.25 Å². The van der Waals surface area contributed by atoms with Crippen LogP contribution >= 0.6 is 34.4 Å². The van der Waals surface area contributed by atoms with E-state index in [1.54, 1.807) is 0 Å². The number of rotatable bonds is 1. The molecule has 3 heterocycles. The quantitative estimate of drug-likeness (QED) is 0.677. The van der Waals surface area contributed by atoms with E-state index in [9.17, 15) is 0 Å². The lowest BCUT2D eigenvalue weighted by Gasteiger charge is -2.13. The molecule has 1 aliphatic heterocycles. The highest BCUT2D eigenvalue weighted by molar-refractivity contribution is 8.03. The van der Waals surface area contributed by atoms with Crippen LogP contribution in [0.25, 0.3) is 9.40 Å². The fourth-order valence-electron chi connectivity index (χ4n) is 1.24. The normalized spacial score (nSPS) is 21.5. The highest BCUT2D eigenvalue weighted by atomic mass is 32.2. The largest absolute Gasteiger partial charge is 0.143 e. The van der Waals surface area contributed by atoms with Crippen molar-refractivity contribution in [2.75, 3.05) is 0 Å². The van der Waals surface area contributed by atoms with Crippen molar-refractivity contribution in [1.29, 1.82) is 0 Å². The molecule has 2 aromatic heterocycles. The molecule has 2 aromatic rings. The SMILES string of the molecule is C1=CC(c2cc3sccc3s2)S1. The monoisotopic (exact) mass is 210 g/mol. The number of hydrogen-bond donors (Lipinski definition) is 0. The Balaban J connectivity index is 2.14. The molecule has 0 aliphatic carbocycles. The van der Waals surface area contributed by atoms with Gasteiger partial charge in [0.15, 0.2) is 0 Å². The van der Waals surface area contributed by atoms with Crippen molar-refractivity contribution in [3.05, 3.63) is 33.9 Å². The number of thioether (sulfide) groups is 1. The van der Waals surface area contributed by atoms with Crippen LogP contribution in [0.5, 0.6) is 0 Å². The van der Waals surface area contributed by atoms with Crippen LogP contribution in [0.2, 0.25) is 0 Å². The fraction of sp³-hybridized carbons (Fsp3) is 0.111. The van der Waals surface area contributed by atoms with Gasteiger partial charge in [0.1, 0.15) is 0 Å². The molecule has 0 N–H and O–H groups in total. The van der Waals surface area contributed by atoms with Crippen molar-refractivity contribution in [3.63, 3.8) is 0 Å². The van der Waals surface area contributed by atoms with Gasteiger partial charge in [-0.25, -0.2) is 0 Å². The van der Waals surface area contributed by atoms with E-state index < -0.39 is 0 Å². The molecule has 0 nitrogen and oxygen atoms in total. The van der Waals surface area contributed by atoms with Gasteiger partial charge in [-0.2, -0.15) is 0 Å². The molecule has 0 saturated carbocycles. The van der Waals surface area contributed by atoms with Gasteiger partial charge < -0.3 is 0 Å². The van der Waals surface area contributed by atoms with E-state index in [1.807, 2.05) is 34.4 Å². The summed E-state index contributed by atoms with van der Waals surface area (Å²) < 4.78 is 2.88. The summed E-state index contributed by atoms with van der Waals surface area (Å²) in [5, 5.41) is 4.97. The highest BCUT2D eigenvalue weighted by Crippen LogP contribution is 2.44. The van der Waals surface area contributed by atoms with Crippen molar-refractivity contribution >= 4 is 43.8 Å². The first-order chi connectivity index (χ1) is 5.93. The Morgan fingerprint density at radius 2 is 2.17 bits per heavy atom. The molecule has 12 heavy (non-hydrogen) atoms. The van der Waals surface area contributed by atoms with Gasteiger partial charge in [0, 0.05) is 14.3 Å². The minimum atomic E-state index is 0.648. The van der Waals surface area contributed by atoms with Crippen LogP contribution in [0.1, 0.15) is 10.1 Å². The second-order valence-electron chi connectivity index (χ2n) is 2.68. The van der Waals surface area contributed by atoms with Gasteiger partial charge in [-0.05, 0) is 22.9 Å². The van der Waals surface area contributed by atoms with Crippen LogP contribution in [-0.4, -0.2) is 0 Å². The maximum absolute atomic E-state index is 2.33. The maximum atomic E-state index is 2.33. The van der Waals surface area contributed by atoms with Gasteiger partial charge in [-0.15, -0.1) is 34.4 Å². The second kappa shape index (κ2) is 2.62. The molecule has 0 saturated heterocycles. The van der Waals surface area contributed by atoms with Crippen LogP contribution in [-0.2, 0) is 0 Å². The van der Waals surface area contributed by atoms with E-state index in [4.69, 9.17) is 0 Å².